The van der Waals surface area contributed by atoms with E-state index in [9.17, 15) is 0 Å². The maximum Gasteiger partial charge on any atom is -0.000684 e. The van der Waals surface area contributed by atoms with Crippen LogP contribution in [0.2, 0.25) is 0 Å². The minimum atomic E-state index is 0.993. The SMILES string of the molecule is c1ccc(-c2ccc3c(c2)Cc2c-3c3c(c4c2-c2ccc(-c5ccccc5)cc2C4)-c2ccc(-c4ccccc4)cc2C3)cc1. The zero-order valence-corrected chi connectivity index (χ0v) is 25.0. The van der Waals surface area contributed by atoms with E-state index in [4.69, 9.17) is 0 Å². The highest BCUT2D eigenvalue weighted by Gasteiger charge is 2.37. The fourth-order valence-corrected chi connectivity index (χ4v) is 8.38. The summed E-state index contributed by atoms with van der Waals surface area (Å²) in [4.78, 5) is 0. The highest BCUT2D eigenvalue weighted by molar-refractivity contribution is 6.01. The van der Waals surface area contributed by atoms with Gasteiger partial charge in [0.1, 0.15) is 0 Å². The van der Waals surface area contributed by atoms with E-state index in [2.05, 4.69) is 146 Å². The molecule has 0 fully saturated rings. The molecular formula is C45H30. The predicted octanol–water partition coefficient (Wildman–Crippen LogP) is 11.4. The first-order valence-electron chi connectivity index (χ1n) is 16.1. The normalized spacial score (nSPS) is 13.1. The van der Waals surface area contributed by atoms with Gasteiger partial charge < -0.3 is 0 Å². The van der Waals surface area contributed by atoms with Crippen LogP contribution < -0.4 is 0 Å². The molecule has 0 N–H and O–H groups in total. The molecule has 0 nitrogen and oxygen atoms in total. The summed E-state index contributed by atoms with van der Waals surface area (Å²) in [6, 6.07) is 54.0. The van der Waals surface area contributed by atoms with E-state index >= 15 is 0 Å². The van der Waals surface area contributed by atoms with Gasteiger partial charge in [-0.15, -0.1) is 0 Å². The summed E-state index contributed by atoms with van der Waals surface area (Å²) >= 11 is 0. The first-order valence-corrected chi connectivity index (χ1v) is 16.1. The van der Waals surface area contributed by atoms with E-state index in [1.165, 1.54) is 100 Å². The molecule has 0 heterocycles. The Bertz CT molecular complexity index is 2020. The van der Waals surface area contributed by atoms with Crippen molar-refractivity contribution in [2.45, 2.75) is 19.3 Å². The minimum Gasteiger partial charge on any atom is -0.0622 e. The molecule has 0 radical (unpaired) electrons. The monoisotopic (exact) mass is 570 g/mol. The van der Waals surface area contributed by atoms with E-state index in [0.29, 0.717) is 0 Å². The smallest absolute Gasteiger partial charge is 0.000684 e. The number of hydrogen-bond donors (Lipinski definition) is 0. The number of fused-ring (bicyclic) bond motifs is 12. The molecule has 7 aromatic carbocycles. The van der Waals surface area contributed by atoms with Gasteiger partial charge in [0.15, 0.2) is 0 Å². The van der Waals surface area contributed by atoms with E-state index < -0.39 is 0 Å². The second kappa shape index (κ2) is 9.52. The van der Waals surface area contributed by atoms with Crippen LogP contribution in [0.25, 0.3) is 66.8 Å². The molecule has 0 unspecified atom stereocenters. The lowest BCUT2D eigenvalue weighted by molar-refractivity contribution is 1.21. The van der Waals surface area contributed by atoms with Gasteiger partial charge in [0.25, 0.3) is 0 Å². The van der Waals surface area contributed by atoms with Gasteiger partial charge in [-0.05, 0) is 119 Å². The van der Waals surface area contributed by atoms with Crippen molar-refractivity contribution in [1.29, 1.82) is 0 Å². The van der Waals surface area contributed by atoms with Gasteiger partial charge in [-0.3, -0.25) is 0 Å². The summed E-state index contributed by atoms with van der Waals surface area (Å²) in [5.74, 6) is 0. The van der Waals surface area contributed by atoms with Crippen LogP contribution in [0, 0.1) is 0 Å². The molecule has 0 heteroatoms. The summed E-state index contributed by atoms with van der Waals surface area (Å²) in [5.41, 5.74) is 25.5. The summed E-state index contributed by atoms with van der Waals surface area (Å²) < 4.78 is 0. The highest BCUT2D eigenvalue weighted by atomic mass is 14.4. The van der Waals surface area contributed by atoms with Gasteiger partial charge in [-0.25, -0.2) is 0 Å². The average Bonchev–Trinajstić information content (AvgIpc) is 3.79. The van der Waals surface area contributed by atoms with Crippen LogP contribution in [-0.2, 0) is 19.3 Å². The third-order valence-electron chi connectivity index (χ3n) is 10.4. The summed E-state index contributed by atoms with van der Waals surface area (Å²) in [6.45, 7) is 0. The number of hydrogen-bond acceptors (Lipinski definition) is 0. The molecule has 3 aliphatic carbocycles. The Hall–Kier alpha value is -5.46. The van der Waals surface area contributed by atoms with Crippen molar-refractivity contribution < 1.29 is 0 Å². The zero-order valence-electron chi connectivity index (χ0n) is 25.0. The molecule has 0 bridgehead atoms. The second-order valence-electron chi connectivity index (χ2n) is 12.8. The standard InChI is InChI=1S/C45H30/c1-4-10-28(11-5-1)31-16-19-37-34(22-31)25-40-43(37)41-26-35-23-33(30-14-8-3-9-15-30)18-21-39(35)45(41)42-27-36-24-32(17-20-38(36)44(40)42)29-12-6-2-7-13-29/h1-24H,25-27H2. The molecule has 210 valence electrons. The third-order valence-corrected chi connectivity index (χ3v) is 10.4. The van der Waals surface area contributed by atoms with Gasteiger partial charge in [0.2, 0.25) is 0 Å². The summed E-state index contributed by atoms with van der Waals surface area (Å²) in [7, 11) is 0. The maximum atomic E-state index is 2.45. The Labute approximate surface area is 264 Å². The Morgan fingerprint density at radius 3 is 0.844 bits per heavy atom. The topological polar surface area (TPSA) is 0 Å². The van der Waals surface area contributed by atoms with Gasteiger partial charge in [0, 0.05) is 0 Å². The lowest BCUT2D eigenvalue weighted by atomic mass is 9.86. The molecule has 10 rings (SSSR count). The lowest BCUT2D eigenvalue weighted by Gasteiger charge is -2.17. The zero-order chi connectivity index (χ0) is 29.5. The Balaban J connectivity index is 1.18. The van der Waals surface area contributed by atoms with Crippen LogP contribution in [0.5, 0.6) is 0 Å². The van der Waals surface area contributed by atoms with E-state index in [-0.39, 0.29) is 0 Å². The fourth-order valence-electron chi connectivity index (χ4n) is 8.38. The van der Waals surface area contributed by atoms with Crippen molar-refractivity contribution in [2.24, 2.45) is 0 Å². The summed E-state index contributed by atoms with van der Waals surface area (Å²) in [6.07, 6.45) is 2.98. The van der Waals surface area contributed by atoms with E-state index in [1.807, 2.05) is 0 Å². The Kier molecular flexibility index (Phi) is 5.27. The van der Waals surface area contributed by atoms with Crippen molar-refractivity contribution in [2.75, 3.05) is 0 Å². The van der Waals surface area contributed by atoms with Gasteiger partial charge in [-0.2, -0.15) is 0 Å². The quantitative estimate of drug-likeness (QED) is 0.198. The number of rotatable bonds is 3. The van der Waals surface area contributed by atoms with Crippen molar-refractivity contribution in [3.05, 3.63) is 179 Å². The molecule has 0 aliphatic heterocycles. The minimum absolute atomic E-state index is 0.993. The maximum absolute atomic E-state index is 2.45. The molecule has 0 amide bonds. The van der Waals surface area contributed by atoms with Crippen LogP contribution in [0.3, 0.4) is 0 Å². The van der Waals surface area contributed by atoms with Gasteiger partial charge >= 0.3 is 0 Å². The average molecular weight is 571 g/mol. The van der Waals surface area contributed by atoms with Crippen molar-refractivity contribution in [3.8, 4) is 66.8 Å². The Morgan fingerprint density at radius 2 is 0.556 bits per heavy atom. The van der Waals surface area contributed by atoms with Crippen LogP contribution in [0.4, 0.5) is 0 Å². The van der Waals surface area contributed by atoms with Crippen LogP contribution in [0.1, 0.15) is 33.4 Å². The molecular weight excluding hydrogens is 540 g/mol. The molecule has 0 saturated heterocycles. The number of benzene rings is 7. The molecule has 0 atom stereocenters. The van der Waals surface area contributed by atoms with Crippen molar-refractivity contribution in [1.82, 2.24) is 0 Å². The third kappa shape index (κ3) is 3.72. The van der Waals surface area contributed by atoms with Crippen LogP contribution >= 0.6 is 0 Å². The largest absolute Gasteiger partial charge is 0.0622 e. The summed E-state index contributed by atoms with van der Waals surface area (Å²) in [5, 5.41) is 0. The lowest BCUT2D eigenvalue weighted by Crippen LogP contribution is -1.96. The highest BCUT2D eigenvalue weighted by Crippen LogP contribution is 2.57. The predicted molar refractivity (Wildman–Crippen MR) is 187 cm³/mol. The Morgan fingerprint density at radius 1 is 0.267 bits per heavy atom. The molecule has 45 heavy (non-hydrogen) atoms. The van der Waals surface area contributed by atoms with E-state index in [0.717, 1.165) is 19.3 Å². The molecule has 0 aromatic heterocycles. The van der Waals surface area contributed by atoms with E-state index in [1.54, 1.807) is 0 Å². The molecule has 0 spiro atoms. The first-order chi connectivity index (χ1) is 22.3. The van der Waals surface area contributed by atoms with Crippen LogP contribution in [0.15, 0.2) is 146 Å². The van der Waals surface area contributed by atoms with Crippen molar-refractivity contribution in [3.63, 3.8) is 0 Å². The van der Waals surface area contributed by atoms with Crippen molar-refractivity contribution >= 4 is 0 Å². The fraction of sp³-hybridized carbons (Fsp3) is 0.0667. The van der Waals surface area contributed by atoms with Crippen LogP contribution in [-0.4, -0.2) is 0 Å². The molecule has 7 aromatic rings. The van der Waals surface area contributed by atoms with Gasteiger partial charge in [-0.1, -0.05) is 146 Å². The first kappa shape index (κ1) is 24.9. The second-order valence-corrected chi connectivity index (χ2v) is 12.8. The molecule has 0 saturated carbocycles. The van der Waals surface area contributed by atoms with Gasteiger partial charge in [0.05, 0.1) is 0 Å². The molecule has 3 aliphatic rings.